The summed E-state index contributed by atoms with van der Waals surface area (Å²) in [6.07, 6.45) is 8.15. The molecule has 4 aromatic carbocycles. The SMILES string of the molecule is Cc1cc(C)c(C(=O)P(C(=O)c2c(C)cc(C)cc2C)C(C)(c2ccccc2)C(Cc2ccccc2)(C(O[O-])=C2C=CC(=[N+]3CCOCC3)C=C2)N(C)C)c(C)c1. The second-order valence-electron chi connectivity index (χ2n) is 15.9. The summed E-state index contributed by atoms with van der Waals surface area (Å²) in [5.74, 6) is 0.138. The molecule has 4 aromatic rings. The molecule has 0 spiro atoms. The van der Waals surface area contributed by atoms with E-state index in [1.54, 1.807) is 0 Å². The second kappa shape index (κ2) is 17.4. The predicted molar refractivity (Wildman–Crippen MR) is 229 cm³/mol. The van der Waals surface area contributed by atoms with E-state index in [0.717, 1.165) is 63.3 Å². The van der Waals surface area contributed by atoms with Crippen LogP contribution in [0.4, 0.5) is 0 Å². The van der Waals surface area contributed by atoms with Gasteiger partial charge in [0, 0.05) is 28.9 Å². The third kappa shape index (κ3) is 7.91. The monoisotopic (exact) mass is 782 g/mol. The second-order valence-corrected chi connectivity index (χ2v) is 18.3. The number of likely N-dealkylation sites (N-methyl/N-ethyl adjacent to an activating group) is 1. The molecule has 1 aliphatic heterocycles. The maximum atomic E-state index is 16.1. The lowest BCUT2D eigenvalue weighted by Crippen LogP contribution is -2.63. The first-order chi connectivity index (χ1) is 27.2. The normalized spacial score (nSPS) is 16.5. The van der Waals surface area contributed by atoms with Gasteiger partial charge in [-0.15, -0.1) is 0 Å². The summed E-state index contributed by atoms with van der Waals surface area (Å²) >= 11 is 0. The van der Waals surface area contributed by atoms with Gasteiger partial charge >= 0.3 is 0 Å². The first-order valence-corrected chi connectivity index (χ1v) is 21.0. The van der Waals surface area contributed by atoms with Gasteiger partial charge in [0.15, 0.2) is 29.8 Å². The van der Waals surface area contributed by atoms with Gasteiger partial charge in [-0.2, -0.15) is 0 Å². The van der Waals surface area contributed by atoms with Gasteiger partial charge in [0.1, 0.15) is 19.0 Å². The van der Waals surface area contributed by atoms with E-state index in [4.69, 9.17) is 9.62 Å². The fourth-order valence-corrected chi connectivity index (χ4v) is 12.5. The van der Waals surface area contributed by atoms with Crippen LogP contribution in [0.2, 0.25) is 0 Å². The standard InChI is InChI=1S/C49H55N2O5P/c1-33-28-35(3)43(36(4)29-33)46(52)57(47(53)44-37(5)30-34(2)31-38(44)6)48(7,41-18-14-11-15-19-41)49(50(8)9,32-39-16-12-10-13-17-39)45(56-54)40-20-22-42(23-21-40)51-24-26-55-27-25-51/h10-23,28-31H,24-27,32H2,1-9H3. The molecule has 1 saturated heterocycles. The fraction of sp³-hybridized carbons (Fsp3) is 0.327. The minimum absolute atomic E-state index is 0.138. The molecule has 0 saturated carbocycles. The van der Waals surface area contributed by atoms with Gasteiger partial charge in [0.05, 0.1) is 18.6 Å². The average Bonchev–Trinajstić information content (AvgIpc) is 3.18. The Labute approximate surface area is 339 Å². The number of carbonyl (C=O) groups is 2. The first kappa shape index (κ1) is 41.8. The van der Waals surface area contributed by atoms with Gasteiger partial charge in [0.2, 0.25) is 0 Å². The van der Waals surface area contributed by atoms with Crippen LogP contribution in [-0.4, -0.2) is 72.2 Å². The Morgan fingerprint density at radius 2 is 1.19 bits per heavy atom. The van der Waals surface area contributed by atoms with Crippen LogP contribution in [0, 0.1) is 41.5 Å². The molecule has 1 aliphatic carbocycles. The van der Waals surface area contributed by atoms with Crippen molar-refractivity contribution in [2.75, 3.05) is 40.4 Å². The highest BCUT2D eigenvalue weighted by Gasteiger charge is 2.62. The molecule has 296 valence electrons. The molecule has 2 unspecified atom stereocenters. The number of morpholine rings is 1. The van der Waals surface area contributed by atoms with Crippen LogP contribution in [0.3, 0.4) is 0 Å². The lowest BCUT2D eigenvalue weighted by atomic mass is 9.71. The van der Waals surface area contributed by atoms with Crippen molar-refractivity contribution in [3.05, 3.63) is 176 Å². The molecule has 1 heterocycles. The number of hydrogen-bond acceptors (Lipinski definition) is 6. The lowest BCUT2D eigenvalue weighted by molar-refractivity contribution is -0.675. The Balaban J connectivity index is 1.76. The van der Waals surface area contributed by atoms with Crippen LogP contribution < -0.4 is 5.26 Å². The zero-order valence-corrected chi connectivity index (χ0v) is 35.7. The summed E-state index contributed by atoms with van der Waals surface area (Å²) in [4.78, 5) is 39.6. The highest BCUT2D eigenvalue weighted by atomic mass is 31.1. The molecule has 1 fully saturated rings. The summed E-state index contributed by atoms with van der Waals surface area (Å²) < 4.78 is 7.87. The molecular weight excluding hydrogens is 728 g/mol. The molecule has 2 atom stereocenters. The van der Waals surface area contributed by atoms with Crippen LogP contribution in [-0.2, 0) is 21.2 Å². The van der Waals surface area contributed by atoms with Gasteiger partial charge in [-0.3, -0.25) is 14.5 Å². The molecule has 0 aromatic heterocycles. The molecular formula is C49H55N2O5P. The minimum atomic E-state index is -2.38. The molecule has 0 bridgehead atoms. The number of rotatable bonds is 12. The molecule has 6 rings (SSSR count). The van der Waals surface area contributed by atoms with Crippen molar-refractivity contribution in [2.45, 2.75) is 65.6 Å². The van der Waals surface area contributed by atoms with Crippen molar-refractivity contribution < 1.29 is 29.0 Å². The summed E-state index contributed by atoms with van der Waals surface area (Å²) in [6.45, 7) is 16.7. The fourth-order valence-electron chi connectivity index (χ4n) is 9.23. The Morgan fingerprint density at radius 1 is 0.737 bits per heavy atom. The zero-order valence-electron chi connectivity index (χ0n) is 34.8. The summed E-state index contributed by atoms with van der Waals surface area (Å²) in [5.41, 5.74) is 7.81. The van der Waals surface area contributed by atoms with E-state index in [1.165, 1.54) is 0 Å². The van der Waals surface area contributed by atoms with Gasteiger partial charge < -0.3 is 14.9 Å². The number of allylic oxidation sites excluding steroid dienone is 5. The van der Waals surface area contributed by atoms with E-state index in [9.17, 15) is 5.26 Å². The minimum Gasteiger partial charge on any atom is -0.664 e. The first-order valence-electron chi connectivity index (χ1n) is 19.7. The van der Waals surface area contributed by atoms with Crippen LogP contribution >= 0.6 is 7.92 Å². The molecule has 0 amide bonds. The van der Waals surface area contributed by atoms with Crippen LogP contribution in [0.5, 0.6) is 0 Å². The summed E-state index contributed by atoms with van der Waals surface area (Å²) in [6, 6.07) is 27.8. The van der Waals surface area contributed by atoms with Crippen molar-refractivity contribution in [1.29, 1.82) is 0 Å². The third-order valence-electron chi connectivity index (χ3n) is 11.8. The zero-order chi connectivity index (χ0) is 41.1. The Bertz CT molecular complexity index is 2150. The van der Waals surface area contributed by atoms with E-state index >= 15 is 9.59 Å². The van der Waals surface area contributed by atoms with E-state index in [0.29, 0.717) is 29.9 Å². The quantitative estimate of drug-likeness (QED) is 0.0471. The molecule has 2 aliphatic rings. The van der Waals surface area contributed by atoms with E-state index in [-0.39, 0.29) is 23.2 Å². The number of benzene rings is 4. The number of carbonyl (C=O) groups excluding carboxylic acids is 2. The number of ether oxygens (including phenoxy) is 1. The van der Waals surface area contributed by atoms with Gasteiger partial charge in [0.25, 0.3) is 0 Å². The molecule has 0 radical (unpaired) electrons. The predicted octanol–water partition coefficient (Wildman–Crippen LogP) is 8.61. The lowest BCUT2D eigenvalue weighted by Gasteiger charge is -2.57. The topological polar surface area (TPSA) is 81.9 Å². The maximum absolute atomic E-state index is 16.1. The molecule has 57 heavy (non-hydrogen) atoms. The number of hydrogen-bond donors (Lipinski definition) is 0. The number of nitrogens with zero attached hydrogens (tertiary/aromatic N) is 2. The van der Waals surface area contributed by atoms with Crippen molar-refractivity contribution >= 4 is 24.7 Å². The van der Waals surface area contributed by atoms with Crippen LogP contribution in [0.15, 0.2) is 121 Å². The van der Waals surface area contributed by atoms with Crippen molar-refractivity contribution in [2.24, 2.45) is 0 Å². The van der Waals surface area contributed by atoms with Crippen LogP contribution in [0.25, 0.3) is 0 Å². The average molecular weight is 783 g/mol. The maximum Gasteiger partial charge on any atom is 0.200 e. The van der Waals surface area contributed by atoms with E-state index < -0.39 is 18.6 Å². The molecule has 7 nitrogen and oxygen atoms in total. The highest BCUT2D eigenvalue weighted by Crippen LogP contribution is 2.68. The highest BCUT2D eigenvalue weighted by molar-refractivity contribution is 7.91. The Hall–Kier alpha value is -4.78. The van der Waals surface area contributed by atoms with Crippen LogP contribution in [0.1, 0.15) is 72.1 Å². The van der Waals surface area contributed by atoms with Gasteiger partial charge in [-0.1, -0.05) is 96.1 Å². The summed E-state index contributed by atoms with van der Waals surface area (Å²) in [5, 5.41) is 12.5. The van der Waals surface area contributed by atoms with Crippen molar-refractivity contribution in [3.8, 4) is 0 Å². The van der Waals surface area contributed by atoms with Gasteiger partial charge in [-0.05, 0) is 115 Å². The third-order valence-corrected chi connectivity index (χ3v) is 14.6. The van der Waals surface area contributed by atoms with Crippen molar-refractivity contribution in [3.63, 3.8) is 0 Å². The van der Waals surface area contributed by atoms with Crippen molar-refractivity contribution in [1.82, 2.24) is 4.90 Å². The molecule has 8 heteroatoms. The smallest absolute Gasteiger partial charge is 0.200 e. The largest absolute Gasteiger partial charge is 0.664 e. The van der Waals surface area contributed by atoms with Gasteiger partial charge in [-0.25, -0.2) is 4.58 Å². The van der Waals surface area contributed by atoms with E-state index in [1.807, 2.05) is 177 Å². The summed E-state index contributed by atoms with van der Waals surface area (Å²) in [7, 11) is 1.47. The Kier molecular flexibility index (Phi) is 12.8. The molecule has 0 N–H and O–H groups in total. The van der Waals surface area contributed by atoms with E-state index in [2.05, 4.69) is 4.58 Å². The number of aryl methyl sites for hydroxylation is 6. The Morgan fingerprint density at radius 3 is 1.63 bits per heavy atom.